The van der Waals surface area contributed by atoms with Gasteiger partial charge in [0.2, 0.25) is 0 Å². The zero-order chi connectivity index (χ0) is 43.4. The summed E-state index contributed by atoms with van der Waals surface area (Å²) in [5.41, 5.74) is 0. The summed E-state index contributed by atoms with van der Waals surface area (Å²) in [7, 11) is 0. The lowest BCUT2D eigenvalue weighted by Gasteiger charge is -2.18. The van der Waals surface area contributed by atoms with Gasteiger partial charge in [-0.15, -0.1) is 0 Å². The Morgan fingerprint density at radius 1 is 0.288 bits per heavy atom. The minimum atomic E-state index is -0.763. The molecule has 59 heavy (non-hydrogen) atoms. The first kappa shape index (κ1) is 57.4. The van der Waals surface area contributed by atoms with E-state index in [4.69, 9.17) is 14.2 Å². The van der Waals surface area contributed by atoms with Crippen LogP contribution in [-0.2, 0) is 28.6 Å². The van der Waals surface area contributed by atoms with E-state index in [-0.39, 0.29) is 31.1 Å². The summed E-state index contributed by atoms with van der Waals surface area (Å²) in [6.07, 6.45) is 43.8. The topological polar surface area (TPSA) is 78.9 Å². The molecule has 0 fully saturated rings. The molecular formula is C53H102O6. The molecular weight excluding hydrogens is 733 g/mol. The number of ether oxygens (including phenoxy) is 3. The van der Waals surface area contributed by atoms with Crippen molar-refractivity contribution in [1.82, 2.24) is 0 Å². The van der Waals surface area contributed by atoms with Crippen LogP contribution in [0.2, 0.25) is 0 Å². The summed E-state index contributed by atoms with van der Waals surface area (Å²) in [6, 6.07) is 0. The van der Waals surface area contributed by atoms with Gasteiger partial charge in [0.15, 0.2) is 6.10 Å². The Bertz CT molecular complexity index is 914. The third-order valence-corrected chi connectivity index (χ3v) is 11.9. The number of rotatable bonds is 46. The Balaban J connectivity index is 4.31. The summed E-state index contributed by atoms with van der Waals surface area (Å²) in [5, 5.41) is 0. The van der Waals surface area contributed by atoms with Crippen molar-refractivity contribution in [3.8, 4) is 0 Å². The minimum absolute atomic E-state index is 0.0647. The van der Waals surface area contributed by atoms with Gasteiger partial charge in [-0.1, -0.05) is 247 Å². The van der Waals surface area contributed by atoms with Gasteiger partial charge in [-0.3, -0.25) is 14.4 Å². The normalized spacial score (nSPS) is 12.2. The lowest BCUT2D eigenvalue weighted by atomic mass is 10.0. The molecule has 0 aliphatic heterocycles. The summed E-state index contributed by atoms with van der Waals surface area (Å²) in [4.78, 5) is 37.9. The molecule has 0 aliphatic carbocycles. The quantitative estimate of drug-likeness (QED) is 0.0345. The maximum absolute atomic E-state index is 12.8. The van der Waals surface area contributed by atoms with Crippen molar-refractivity contribution >= 4 is 17.9 Å². The van der Waals surface area contributed by atoms with Gasteiger partial charge in [0, 0.05) is 19.3 Å². The van der Waals surface area contributed by atoms with E-state index in [9.17, 15) is 14.4 Å². The average Bonchev–Trinajstić information content (AvgIpc) is 3.19. The molecule has 6 nitrogen and oxygen atoms in total. The van der Waals surface area contributed by atoms with E-state index in [1.165, 1.54) is 167 Å². The SMILES string of the molecule is CC(C)CCCCCCCCCCCCCCCC(=O)OC[C@@H](COC(=O)CCCCCCCCCCCC(C)C)OC(=O)CCCCCCCCCCCCC(C)C. The van der Waals surface area contributed by atoms with Crippen molar-refractivity contribution in [3.63, 3.8) is 0 Å². The molecule has 350 valence electrons. The van der Waals surface area contributed by atoms with Crippen LogP contribution in [0.15, 0.2) is 0 Å². The van der Waals surface area contributed by atoms with Crippen molar-refractivity contribution in [2.45, 2.75) is 292 Å². The standard InChI is InChI=1S/C53H102O6/c1-47(2)39-33-27-21-15-10-8-7-9-11-18-24-30-36-42-51(54)57-45-50(46-58-52(55)43-37-31-25-20-14-17-23-29-35-41-49(5)6)59-53(56)44-38-32-26-19-13-12-16-22-28-34-40-48(3)4/h47-50H,7-46H2,1-6H3/t50-/m0/s1. The zero-order valence-corrected chi connectivity index (χ0v) is 40.5. The van der Waals surface area contributed by atoms with Gasteiger partial charge in [0.05, 0.1) is 0 Å². The van der Waals surface area contributed by atoms with E-state index in [0.717, 1.165) is 75.5 Å². The van der Waals surface area contributed by atoms with Crippen LogP contribution in [0.1, 0.15) is 286 Å². The smallest absolute Gasteiger partial charge is 0.306 e. The van der Waals surface area contributed by atoms with Crippen LogP contribution in [0.5, 0.6) is 0 Å². The highest BCUT2D eigenvalue weighted by Crippen LogP contribution is 2.18. The Hall–Kier alpha value is -1.59. The molecule has 0 spiro atoms. The number of unbranched alkanes of at least 4 members (excludes halogenated alkanes) is 29. The molecule has 0 heterocycles. The third-order valence-electron chi connectivity index (χ3n) is 11.9. The number of carbonyl (C=O) groups is 3. The van der Waals surface area contributed by atoms with E-state index in [1.54, 1.807) is 0 Å². The van der Waals surface area contributed by atoms with E-state index in [0.29, 0.717) is 19.3 Å². The molecule has 0 bridgehead atoms. The third kappa shape index (κ3) is 47.3. The molecule has 0 rings (SSSR count). The van der Waals surface area contributed by atoms with E-state index in [1.807, 2.05) is 0 Å². The maximum Gasteiger partial charge on any atom is 0.306 e. The van der Waals surface area contributed by atoms with Gasteiger partial charge < -0.3 is 14.2 Å². The van der Waals surface area contributed by atoms with E-state index >= 15 is 0 Å². The number of esters is 3. The van der Waals surface area contributed by atoms with Crippen LogP contribution >= 0.6 is 0 Å². The summed E-state index contributed by atoms with van der Waals surface area (Å²) >= 11 is 0. The van der Waals surface area contributed by atoms with Gasteiger partial charge in [0.25, 0.3) is 0 Å². The Kier molecular flexibility index (Phi) is 43.3. The molecule has 1 atom stereocenters. The van der Waals surface area contributed by atoms with Crippen molar-refractivity contribution in [1.29, 1.82) is 0 Å². The molecule has 6 heteroatoms. The maximum atomic E-state index is 12.8. The Morgan fingerprint density at radius 3 is 0.729 bits per heavy atom. The zero-order valence-electron chi connectivity index (χ0n) is 40.5. The van der Waals surface area contributed by atoms with Crippen LogP contribution in [-0.4, -0.2) is 37.2 Å². The van der Waals surface area contributed by atoms with Gasteiger partial charge in [-0.2, -0.15) is 0 Å². The molecule has 0 aliphatic rings. The first-order valence-electron chi connectivity index (χ1n) is 26.1. The molecule has 0 amide bonds. The number of hydrogen-bond acceptors (Lipinski definition) is 6. The fourth-order valence-corrected chi connectivity index (χ4v) is 7.94. The van der Waals surface area contributed by atoms with Gasteiger partial charge in [-0.25, -0.2) is 0 Å². The molecule has 0 aromatic rings. The predicted molar refractivity (Wildman–Crippen MR) is 252 cm³/mol. The van der Waals surface area contributed by atoms with Crippen molar-refractivity contribution < 1.29 is 28.6 Å². The lowest BCUT2D eigenvalue weighted by Crippen LogP contribution is -2.30. The Labute approximate surface area is 368 Å². The highest BCUT2D eigenvalue weighted by atomic mass is 16.6. The largest absolute Gasteiger partial charge is 0.462 e. The molecule has 0 saturated carbocycles. The number of hydrogen-bond donors (Lipinski definition) is 0. The molecule has 0 aromatic carbocycles. The van der Waals surface area contributed by atoms with E-state index < -0.39 is 6.10 Å². The molecule has 0 radical (unpaired) electrons. The van der Waals surface area contributed by atoms with Gasteiger partial charge >= 0.3 is 17.9 Å². The van der Waals surface area contributed by atoms with Crippen molar-refractivity contribution in [3.05, 3.63) is 0 Å². The second kappa shape index (κ2) is 44.5. The predicted octanol–water partition coefficient (Wildman–Crippen LogP) is 16.8. The van der Waals surface area contributed by atoms with Crippen LogP contribution in [0.4, 0.5) is 0 Å². The highest BCUT2D eigenvalue weighted by Gasteiger charge is 2.19. The van der Waals surface area contributed by atoms with Crippen LogP contribution in [0.25, 0.3) is 0 Å². The van der Waals surface area contributed by atoms with Crippen LogP contribution in [0.3, 0.4) is 0 Å². The Morgan fingerprint density at radius 2 is 0.492 bits per heavy atom. The van der Waals surface area contributed by atoms with Gasteiger partial charge in [0.1, 0.15) is 13.2 Å². The summed E-state index contributed by atoms with van der Waals surface area (Å²) in [5.74, 6) is 1.61. The average molecular weight is 835 g/mol. The lowest BCUT2D eigenvalue weighted by molar-refractivity contribution is -0.167. The fourth-order valence-electron chi connectivity index (χ4n) is 7.94. The summed E-state index contributed by atoms with van der Waals surface area (Å²) < 4.78 is 16.8. The van der Waals surface area contributed by atoms with Crippen LogP contribution in [0, 0.1) is 17.8 Å². The summed E-state index contributed by atoms with van der Waals surface area (Å²) in [6.45, 7) is 13.7. The van der Waals surface area contributed by atoms with E-state index in [2.05, 4.69) is 41.5 Å². The fraction of sp³-hybridized carbons (Fsp3) is 0.943. The van der Waals surface area contributed by atoms with Gasteiger partial charge in [-0.05, 0) is 37.0 Å². The second-order valence-corrected chi connectivity index (χ2v) is 19.6. The minimum Gasteiger partial charge on any atom is -0.462 e. The second-order valence-electron chi connectivity index (χ2n) is 19.6. The molecule has 0 saturated heterocycles. The van der Waals surface area contributed by atoms with Crippen molar-refractivity contribution in [2.75, 3.05) is 13.2 Å². The first-order valence-corrected chi connectivity index (χ1v) is 26.1. The highest BCUT2D eigenvalue weighted by molar-refractivity contribution is 5.71. The molecule has 0 unspecified atom stereocenters. The first-order chi connectivity index (χ1) is 28.6. The number of carbonyl (C=O) groups excluding carboxylic acids is 3. The monoisotopic (exact) mass is 835 g/mol. The molecule has 0 aromatic heterocycles. The van der Waals surface area contributed by atoms with Crippen LogP contribution < -0.4 is 0 Å². The van der Waals surface area contributed by atoms with Crippen molar-refractivity contribution in [2.24, 2.45) is 17.8 Å². The molecule has 0 N–H and O–H groups in total.